The molecule has 30 heavy (non-hydrogen) atoms. The molecule has 0 amide bonds. The number of carbonyl (C=O) groups excluding carboxylic acids is 2. The van der Waals surface area contributed by atoms with Crippen LogP contribution >= 0.6 is 0 Å². The van der Waals surface area contributed by atoms with Crippen LogP contribution in [0.5, 0.6) is 0 Å². The number of allylic oxidation sites excluding steroid dienone is 1. The number of Topliss-reactive ketones (excluding diaryl/α,β-unsaturated/α-hetero) is 1. The van der Waals surface area contributed by atoms with E-state index in [2.05, 4.69) is 18.9 Å². The maximum Gasteiger partial charge on any atom is 0.309 e. The lowest BCUT2D eigenvalue weighted by molar-refractivity contribution is -0.294. The van der Waals surface area contributed by atoms with Gasteiger partial charge in [0.25, 0.3) is 0 Å². The predicted molar refractivity (Wildman–Crippen MR) is 111 cm³/mol. The van der Waals surface area contributed by atoms with Crippen molar-refractivity contribution in [3.63, 3.8) is 0 Å². The van der Waals surface area contributed by atoms with Crippen molar-refractivity contribution in [1.29, 1.82) is 0 Å². The fourth-order valence-electron chi connectivity index (χ4n) is 8.12. The normalized spacial score (nSPS) is 45.6. The van der Waals surface area contributed by atoms with E-state index in [9.17, 15) is 9.59 Å². The molecule has 3 aliphatic carbocycles. The van der Waals surface area contributed by atoms with Gasteiger partial charge in [0, 0.05) is 49.8 Å². The van der Waals surface area contributed by atoms with Gasteiger partial charge in [-0.05, 0) is 50.6 Å². The number of esters is 1. The van der Waals surface area contributed by atoms with Crippen LogP contribution in [0.1, 0.15) is 51.9 Å². The van der Waals surface area contributed by atoms with Crippen molar-refractivity contribution in [3.05, 3.63) is 11.1 Å². The Morgan fingerprint density at radius 1 is 1.30 bits per heavy atom. The number of methoxy groups -OCH3 is 2. The fourth-order valence-corrected chi connectivity index (χ4v) is 8.12. The number of nitrogens with zero attached hydrogens (tertiary/aromatic N) is 1. The largest absolute Gasteiger partial charge is 0.469 e. The van der Waals surface area contributed by atoms with E-state index >= 15 is 0 Å². The van der Waals surface area contributed by atoms with E-state index in [0.29, 0.717) is 18.9 Å². The highest BCUT2D eigenvalue weighted by Gasteiger charge is 2.70. The van der Waals surface area contributed by atoms with Crippen LogP contribution in [0.15, 0.2) is 11.1 Å². The summed E-state index contributed by atoms with van der Waals surface area (Å²) < 4.78 is 17.6. The van der Waals surface area contributed by atoms with Gasteiger partial charge >= 0.3 is 5.97 Å². The van der Waals surface area contributed by atoms with Crippen LogP contribution in [0, 0.1) is 28.6 Å². The molecule has 166 valence electrons. The molecule has 6 heteroatoms. The maximum absolute atomic E-state index is 13.1. The Hall–Kier alpha value is -1.24. The number of rotatable bonds is 3. The summed E-state index contributed by atoms with van der Waals surface area (Å²) in [4.78, 5) is 28.3. The lowest BCUT2D eigenvalue weighted by Crippen LogP contribution is -2.64. The summed E-state index contributed by atoms with van der Waals surface area (Å²) >= 11 is 0. The second-order valence-electron chi connectivity index (χ2n) is 10.4. The molecular weight excluding hydrogens is 382 g/mol. The van der Waals surface area contributed by atoms with Crippen molar-refractivity contribution in [2.45, 2.75) is 57.7 Å². The molecular formula is C24H35NO5. The Kier molecular flexibility index (Phi) is 4.73. The van der Waals surface area contributed by atoms with E-state index in [-0.39, 0.29) is 34.4 Å². The molecule has 2 aliphatic heterocycles. The molecule has 1 unspecified atom stereocenters. The van der Waals surface area contributed by atoms with E-state index in [1.807, 2.05) is 0 Å². The minimum Gasteiger partial charge on any atom is -0.469 e. The molecule has 2 heterocycles. The molecule has 6 atom stereocenters. The van der Waals surface area contributed by atoms with Crippen LogP contribution in [-0.4, -0.2) is 63.4 Å². The molecule has 5 rings (SSSR count). The van der Waals surface area contributed by atoms with Gasteiger partial charge in [-0.2, -0.15) is 0 Å². The van der Waals surface area contributed by atoms with Gasteiger partial charge in [-0.15, -0.1) is 0 Å². The minimum atomic E-state index is -0.503. The summed E-state index contributed by atoms with van der Waals surface area (Å²) in [6.07, 6.45) is 5.87. The van der Waals surface area contributed by atoms with Crippen LogP contribution < -0.4 is 0 Å². The topological polar surface area (TPSA) is 65.1 Å². The van der Waals surface area contributed by atoms with Crippen LogP contribution in [0.25, 0.3) is 0 Å². The van der Waals surface area contributed by atoms with Crippen molar-refractivity contribution in [2.75, 3.05) is 41.0 Å². The second kappa shape index (κ2) is 6.88. The maximum atomic E-state index is 13.1. The molecule has 0 aromatic heterocycles. The summed E-state index contributed by atoms with van der Waals surface area (Å²) in [7, 11) is 5.42. The van der Waals surface area contributed by atoms with Crippen LogP contribution in [0.2, 0.25) is 0 Å². The first-order valence-corrected chi connectivity index (χ1v) is 11.6. The molecule has 0 aromatic rings. The summed E-state index contributed by atoms with van der Waals surface area (Å²) in [6.45, 7) is 4.70. The third kappa shape index (κ3) is 2.47. The number of ketones is 1. The van der Waals surface area contributed by atoms with E-state index in [1.165, 1.54) is 12.7 Å². The molecule has 2 bridgehead atoms. The Labute approximate surface area is 179 Å². The van der Waals surface area contributed by atoms with Gasteiger partial charge in [0.1, 0.15) is 0 Å². The molecule has 0 radical (unpaired) electrons. The first kappa shape index (κ1) is 20.7. The van der Waals surface area contributed by atoms with Crippen LogP contribution in [0.4, 0.5) is 0 Å². The van der Waals surface area contributed by atoms with Crippen molar-refractivity contribution < 1.29 is 23.8 Å². The zero-order chi connectivity index (χ0) is 21.3. The van der Waals surface area contributed by atoms with Gasteiger partial charge in [0.2, 0.25) is 0 Å². The Balaban J connectivity index is 1.65. The highest BCUT2D eigenvalue weighted by Crippen LogP contribution is 2.71. The van der Waals surface area contributed by atoms with Gasteiger partial charge in [0.15, 0.2) is 11.6 Å². The van der Waals surface area contributed by atoms with Gasteiger partial charge < -0.3 is 19.1 Å². The van der Waals surface area contributed by atoms with E-state index in [0.717, 1.165) is 57.2 Å². The second-order valence-corrected chi connectivity index (χ2v) is 10.4. The summed E-state index contributed by atoms with van der Waals surface area (Å²) in [5, 5.41) is 0. The standard InChI is InChI=1S/C24H35NO5/c1-5-24(29-4)9-8-22(14-30-24)15-6-7-16-19(26)10-17-18(21(27)28-3)11-23(22,20(16)17)13-25(2)12-15/h15,17-18H,5-14H2,1-4H3/t15-,17-,18-,22?,23-,24-/m1/s1. The van der Waals surface area contributed by atoms with Crippen LogP contribution in [0.3, 0.4) is 0 Å². The minimum absolute atomic E-state index is 0.0161. The van der Waals surface area contributed by atoms with Gasteiger partial charge in [-0.1, -0.05) is 12.5 Å². The molecule has 2 saturated heterocycles. The molecule has 6 nitrogen and oxygen atoms in total. The zero-order valence-electron chi connectivity index (χ0n) is 18.8. The van der Waals surface area contributed by atoms with Crippen molar-refractivity contribution in [3.8, 4) is 0 Å². The quantitative estimate of drug-likeness (QED) is 0.658. The summed E-state index contributed by atoms with van der Waals surface area (Å²) in [5.74, 6) is -0.128. The predicted octanol–water partition coefficient (Wildman–Crippen LogP) is 2.96. The van der Waals surface area contributed by atoms with Gasteiger partial charge in [0.05, 0.1) is 19.6 Å². The number of hydrogen-bond acceptors (Lipinski definition) is 6. The molecule has 2 spiro atoms. The number of ether oxygens (including phenoxy) is 3. The van der Waals surface area contributed by atoms with Crippen molar-refractivity contribution >= 4 is 11.8 Å². The monoisotopic (exact) mass is 417 g/mol. The molecule has 0 N–H and O–H groups in total. The highest BCUT2D eigenvalue weighted by molar-refractivity contribution is 6.01. The van der Waals surface area contributed by atoms with Gasteiger partial charge in [-0.25, -0.2) is 0 Å². The van der Waals surface area contributed by atoms with Gasteiger partial charge in [-0.3, -0.25) is 9.59 Å². The Morgan fingerprint density at radius 2 is 2.10 bits per heavy atom. The number of likely N-dealkylation sites (tertiary alicyclic amines) is 1. The lowest BCUT2D eigenvalue weighted by Gasteiger charge is -2.62. The fraction of sp³-hybridized carbons (Fsp3) is 0.833. The molecule has 1 saturated carbocycles. The lowest BCUT2D eigenvalue weighted by atomic mass is 9.50. The molecule has 5 aliphatic rings. The first-order chi connectivity index (χ1) is 14.4. The molecule has 3 fully saturated rings. The summed E-state index contributed by atoms with van der Waals surface area (Å²) in [5.41, 5.74) is 2.13. The third-order valence-corrected chi connectivity index (χ3v) is 9.52. The van der Waals surface area contributed by atoms with Crippen LogP contribution in [-0.2, 0) is 23.8 Å². The number of carbonyl (C=O) groups is 2. The first-order valence-electron chi connectivity index (χ1n) is 11.6. The number of hydrogen-bond donors (Lipinski definition) is 0. The van der Waals surface area contributed by atoms with E-state index < -0.39 is 5.79 Å². The average molecular weight is 418 g/mol. The molecule has 0 aromatic carbocycles. The SMILES string of the molecule is CC[C@]1(OC)CCC2(CO1)[C@@H]1CCC3=C4[C@H](CC3=O)[C@H](C(=O)OC)C[C@@]42CN(C)C1. The van der Waals surface area contributed by atoms with Crippen molar-refractivity contribution in [2.24, 2.45) is 28.6 Å². The average Bonchev–Trinajstić information content (AvgIpc) is 3.23. The zero-order valence-corrected chi connectivity index (χ0v) is 18.8. The Bertz CT molecular complexity index is 789. The van der Waals surface area contributed by atoms with Crippen molar-refractivity contribution in [1.82, 2.24) is 4.90 Å². The Morgan fingerprint density at radius 3 is 2.73 bits per heavy atom. The highest BCUT2D eigenvalue weighted by atomic mass is 16.7. The summed E-state index contributed by atoms with van der Waals surface area (Å²) in [6, 6.07) is 0. The third-order valence-electron chi connectivity index (χ3n) is 9.52. The van der Waals surface area contributed by atoms with E-state index in [4.69, 9.17) is 14.2 Å². The smallest absolute Gasteiger partial charge is 0.309 e. The number of piperidine rings is 1. The van der Waals surface area contributed by atoms with E-state index in [1.54, 1.807) is 7.11 Å².